The number of imidazole rings is 1. The summed E-state index contributed by atoms with van der Waals surface area (Å²) in [5.41, 5.74) is 2.38. The highest BCUT2D eigenvalue weighted by Gasteiger charge is 2.06. The Bertz CT molecular complexity index is 826. The molecule has 0 aliphatic carbocycles. The first-order valence-electron chi connectivity index (χ1n) is 8.71. The predicted molar refractivity (Wildman–Crippen MR) is 101 cm³/mol. The number of aryl methyl sites for hydroxylation is 1. The van der Waals surface area contributed by atoms with Crippen molar-refractivity contribution >= 4 is 5.91 Å². The van der Waals surface area contributed by atoms with Crippen molar-refractivity contribution in [1.29, 1.82) is 0 Å². The zero-order valence-electron chi connectivity index (χ0n) is 14.9. The van der Waals surface area contributed by atoms with E-state index < -0.39 is 0 Å². The number of hydrogen-bond acceptors (Lipinski definition) is 3. The molecule has 3 rings (SSSR count). The van der Waals surface area contributed by atoms with Gasteiger partial charge in [-0.1, -0.05) is 48.0 Å². The van der Waals surface area contributed by atoms with E-state index in [2.05, 4.69) is 27.0 Å². The van der Waals surface area contributed by atoms with Gasteiger partial charge in [-0.05, 0) is 24.6 Å². The van der Waals surface area contributed by atoms with Crippen molar-refractivity contribution in [2.75, 3.05) is 13.2 Å². The first-order chi connectivity index (χ1) is 12.7. The number of nitrogens with zero attached hydrogens (tertiary/aromatic N) is 2. The first-order valence-corrected chi connectivity index (χ1v) is 8.71. The average Bonchev–Trinajstić information content (AvgIpc) is 3.09. The van der Waals surface area contributed by atoms with Crippen molar-refractivity contribution in [3.63, 3.8) is 0 Å². The van der Waals surface area contributed by atoms with Crippen LogP contribution in [0.2, 0.25) is 0 Å². The quantitative estimate of drug-likeness (QED) is 0.680. The van der Waals surface area contributed by atoms with Crippen LogP contribution in [0.15, 0.2) is 67.0 Å². The number of nitrogens with one attached hydrogen (secondary N) is 1. The van der Waals surface area contributed by atoms with E-state index in [-0.39, 0.29) is 12.5 Å². The summed E-state index contributed by atoms with van der Waals surface area (Å²) >= 11 is 0. The van der Waals surface area contributed by atoms with Crippen LogP contribution in [0.25, 0.3) is 0 Å². The maximum Gasteiger partial charge on any atom is 0.257 e. The fourth-order valence-electron chi connectivity index (χ4n) is 2.64. The van der Waals surface area contributed by atoms with Crippen LogP contribution in [-0.2, 0) is 17.8 Å². The van der Waals surface area contributed by atoms with Crippen LogP contribution in [0, 0.1) is 6.92 Å². The number of amides is 1. The largest absolute Gasteiger partial charge is 0.484 e. The molecule has 5 heteroatoms. The minimum Gasteiger partial charge on any atom is -0.484 e. The zero-order chi connectivity index (χ0) is 18.2. The Hall–Kier alpha value is -3.08. The van der Waals surface area contributed by atoms with E-state index >= 15 is 0 Å². The summed E-state index contributed by atoms with van der Waals surface area (Å²) < 4.78 is 7.58. The standard InChI is InChI=1S/C21H23N3O2/c1-17-7-9-19(10-8-17)26-16-21(25)23-12-11-20-22-13-14-24(20)15-18-5-3-2-4-6-18/h2-10,13-14H,11-12,15-16H2,1H3,(H,23,25). The highest BCUT2D eigenvalue weighted by molar-refractivity contribution is 5.77. The highest BCUT2D eigenvalue weighted by atomic mass is 16.5. The molecular formula is C21H23N3O2. The monoisotopic (exact) mass is 349 g/mol. The molecule has 3 aromatic rings. The topological polar surface area (TPSA) is 56.1 Å². The molecule has 0 saturated heterocycles. The summed E-state index contributed by atoms with van der Waals surface area (Å²) in [7, 11) is 0. The van der Waals surface area contributed by atoms with Crippen molar-refractivity contribution in [3.8, 4) is 5.75 Å². The molecule has 1 N–H and O–H groups in total. The Morgan fingerprint density at radius 1 is 1.12 bits per heavy atom. The van der Waals surface area contributed by atoms with Crippen LogP contribution >= 0.6 is 0 Å². The molecule has 134 valence electrons. The van der Waals surface area contributed by atoms with Crippen molar-refractivity contribution in [2.45, 2.75) is 19.9 Å². The van der Waals surface area contributed by atoms with Crippen molar-refractivity contribution in [3.05, 3.63) is 83.9 Å². The maximum absolute atomic E-state index is 11.9. The molecule has 0 unspecified atom stereocenters. The Morgan fingerprint density at radius 2 is 1.88 bits per heavy atom. The third-order valence-corrected chi connectivity index (χ3v) is 4.06. The molecule has 26 heavy (non-hydrogen) atoms. The lowest BCUT2D eigenvalue weighted by atomic mass is 10.2. The zero-order valence-corrected chi connectivity index (χ0v) is 14.9. The second kappa shape index (κ2) is 8.85. The number of carbonyl (C=O) groups excluding carboxylic acids is 1. The molecule has 0 atom stereocenters. The Kier molecular flexibility index (Phi) is 6.04. The van der Waals surface area contributed by atoms with Gasteiger partial charge in [0.1, 0.15) is 11.6 Å². The van der Waals surface area contributed by atoms with E-state index in [4.69, 9.17) is 4.74 Å². The molecule has 0 spiro atoms. The van der Waals surface area contributed by atoms with Gasteiger partial charge < -0.3 is 14.6 Å². The minimum atomic E-state index is -0.133. The van der Waals surface area contributed by atoms with E-state index in [9.17, 15) is 4.79 Å². The van der Waals surface area contributed by atoms with E-state index in [0.29, 0.717) is 18.7 Å². The van der Waals surface area contributed by atoms with Gasteiger partial charge in [0.15, 0.2) is 6.61 Å². The molecule has 1 aromatic heterocycles. The van der Waals surface area contributed by atoms with Crippen LogP contribution in [-0.4, -0.2) is 28.6 Å². The molecule has 0 radical (unpaired) electrons. The number of hydrogen-bond donors (Lipinski definition) is 1. The molecule has 1 amide bonds. The van der Waals surface area contributed by atoms with Gasteiger partial charge in [-0.3, -0.25) is 4.79 Å². The Morgan fingerprint density at radius 3 is 2.65 bits per heavy atom. The van der Waals surface area contributed by atoms with Gasteiger partial charge in [0.05, 0.1) is 0 Å². The van der Waals surface area contributed by atoms with Gasteiger partial charge in [-0.2, -0.15) is 0 Å². The smallest absolute Gasteiger partial charge is 0.257 e. The molecule has 0 aliphatic rings. The first kappa shape index (κ1) is 17.7. The minimum absolute atomic E-state index is 0.0154. The Labute approximate surface area is 153 Å². The lowest BCUT2D eigenvalue weighted by molar-refractivity contribution is -0.123. The number of ether oxygens (including phenoxy) is 1. The van der Waals surface area contributed by atoms with Crippen molar-refractivity contribution in [2.24, 2.45) is 0 Å². The number of rotatable bonds is 8. The van der Waals surface area contributed by atoms with E-state index in [1.54, 1.807) is 6.20 Å². The van der Waals surface area contributed by atoms with Crippen LogP contribution in [0.5, 0.6) is 5.75 Å². The fourth-order valence-corrected chi connectivity index (χ4v) is 2.64. The normalized spacial score (nSPS) is 10.5. The second-order valence-electron chi connectivity index (χ2n) is 6.16. The summed E-state index contributed by atoms with van der Waals surface area (Å²) in [5.74, 6) is 1.52. The predicted octanol–water partition coefficient (Wildman–Crippen LogP) is 2.98. The van der Waals surface area contributed by atoms with Crippen molar-refractivity contribution in [1.82, 2.24) is 14.9 Å². The van der Waals surface area contributed by atoms with E-state index in [0.717, 1.165) is 17.9 Å². The molecule has 1 heterocycles. The van der Waals surface area contributed by atoms with E-state index in [1.807, 2.05) is 55.6 Å². The number of carbonyl (C=O) groups is 1. The summed E-state index contributed by atoms with van der Waals surface area (Å²) in [4.78, 5) is 16.3. The summed E-state index contributed by atoms with van der Waals surface area (Å²) in [6, 6.07) is 17.9. The highest BCUT2D eigenvalue weighted by Crippen LogP contribution is 2.11. The lowest BCUT2D eigenvalue weighted by Crippen LogP contribution is -2.31. The van der Waals surface area contributed by atoms with Crippen LogP contribution < -0.4 is 10.1 Å². The molecule has 0 bridgehead atoms. The molecule has 0 aliphatic heterocycles. The summed E-state index contributed by atoms with van der Waals surface area (Å²) in [6.07, 6.45) is 4.43. The van der Waals surface area contributed by atoms with E-state index in [1.165, 1.54) is 5.56 Å². The summed E-state index contributed by atoms with van der Waals surface area (Å²) in [6.45, 7) is 3.34. The summed E-state index contributed by atoms with van der Waals surface area (Å²) in [5, 5.41) is 2.88. The van der Waals surface area contributed by atoms with Crippen LogP contribution in [0.4, 0.5) is 0 Å². The van der Waals surface area contributed by atoms with Gasteiger partial charge in [-0.15, -0.1) is 0 Å². The van der Waals surface area contributed by atoms with Gasteiger partial charge >= 0.3 is 0 Å². The van der Waals surface area contributed by atoms with Gasteiger partial charge in [0, 0.05) is 31.9 Å². The number of aromatic nitrogens is 2. The van der Waals surface area contributed by atoms with Gasteiger partial charge in [0.25, 0.3) is 5.91 Å². The molecular weight excluding hydrogens is 326 g/mol. The third-order valence-electron chi connectivity index (χ3n) is 4.06. The van der Waals surface area contributed by atoms with Gasteiger partial charge in [0.2, 0.25) is 0 Å². The van der Waals surface area contributed by atoms with Crippen LogP contribution in [0.1, 0.15) is 17.0 Å². The molecule has 0 saturated carbocycles. The van der Waals surface area contributed by atoms with Crippen LogP contribution in [0.3, 0.4) is 0 Å². The third kappa shape index (κ3) is 5.21. The molecule has 2 aromatic carbocycles. The molecule has 0 fully saturated rings. The lowest BCUT2D eigenvalue weighted by Gasteiger charge is -2.10. The fraction of sp³-hybridized carbons (Fsp3) is 0.238. The van der Waals surface area contributed by atoms with Gasteiger partial charge in [-0.25, -0.2) is 4.98 Å². The maximum atomic E-state index is 11.9. The Balaban J connectivity index is 1.42. The SMILES string of the molecule is Cc1ccc(OCC(=O)NCCc2nccn2Cc2ccccc2)cc1. The van der Waals surface area contributed by atoms with Crippen molar-refractivity contribution < 1.29 is 9.53 Å². The second-order valence-corrected chi connectivity index (χ2v) is 6.16. The molecule has 5 nitrogen and oxygen atoms in total. The number of benzene rings is 2. The average molecular weight is 349 g/mol.